The maximum atomic E-state index is 14.6. The molecule has 3 heterocycles. The number of halogens is 1. The number of rotatable bonds is 5. The number of morpholine rings is 1. The second-order valence-electron chi connectivity index (χ2n) is 9.80. The number of nitrogens with one attached hydrogen (secondary N) is 2. The largest absolute Gasteiger partial charge is 0.379 e. The molecule has 3 aliphatic rings. The van der Waals surface area contributed by atoms with E-state index in [4.69, 9.17) is 4.74 Å². The Labute approximate surface area is 205 Å². The fourth-order valence-corrected chi connectivity index (χ4v) is 5.69. The molecule has 2 aliphatic heterocycles. The molecular formula is C29H30FN3O2. The summed E-state index contributed by atoms with van der Waals surface area (Å²) in [6.45, 7) is 4.91. The van der Waals surface area contributed by atoms with Crippen LogP contribution < -0.4 is 5.32 Å². The zero-order valence-electron chi connectivity index (χ0n) is 19.8. The van der Waals surface area contributed by atoms with Crippen molar-refractivity contribution < 1.29 is 13.9 Å². The Morgan fingerprint density at radius 2 is 1.91 bits per heavy atom. The second-order valence-corrected chi connectivity index (χ2v) is 9.80. The molecule has 0 bridgehead atoms. The monoisotopic (exact) mass is 471 g/mol. The Kier molecular flexibility index (Phi) is 6.00. The third-order valence-corrected chi connectivity index (χ3v) is 7.57. The van der Waals surface area contributed by atoms with Crippen LogP contribution >= 0.6 is 0 Å². The number of carbonyl (C=O) groups excluding carboxylic acids is 1. The summed E-state index contributed by atoms with van der Waals surface area (Å²) in [7, 11) is 0. The van der Waals surface area contributed by atoms with Gasteiger partial charge in [0.2, 0.25) is 0 Å². The molecule has 3 aromatic rings. The van der Waals surface area contributed by atoms with E-state index >= 15 is 0 Å². The number of anilines is 1. The van der Waals surface area contributed by atoms with Crippen LogP contribution in [-0.4, -0.2) is 48.6 Å². The highest BCUT2D eigenvalue weighted by Crippen LogP contribution is 2.41. The van der Waals surface area contributed by atoms with E-state index in [0.29, 0.717) is 17.1 Å². The van der Waals surface area contributed by atoms with E-state index in [1.165, 1.54) is 30.2 Å². The summed E-state index contributed by atoms with van der Waals surface area (Å²) in [5.41, 5.74) is 6.86. The molecule has 2 aromatic carbocycles. The zero-order chi connectivity index (χ0) is 23.8. The molecule has 6 heteroatoms. The molecule has 6 rings (SSSR count). The molecule has 0 radical (unpaired) electrons. The molecule has 0 saturated carbocycles. The summed E-state index contributed by atoms with van der Waals surface area (Å²) in [5, 5.41) is 2.96. The van der Waals surface area contributed by atoms with Crippen LogP contribution in [0.3, 0.4) is 0 Å². The van der Waals surface area contributed by atoms with E-state index in [9.17, 15) is 9.18 Å². The summed E-state index contributed by atoms with van der Waals surface area (Å²) in [4.78, 5) is 19.0. The Bertz CT molecular complexity index is 1290. The van der Waals surface area contributed by atoms with Crippen molar-refractivity contribution in [2.45, 2.75) is 25.7 Å². The predicted molar refractivity (Wildman–Crippen MR) is 137 cm³/mol. The van der Waals surface area contributed by atoms with E-state index < -0.39 is 0 Å². The lowest BCUT2D eigenvalue weighted by Gasteiger charge is -2.29. The standard InChI is InChI=1S/C29H30FN3O2/c30-25-6-2-1-4-22(25)23-5-3-7-27-28(23)24(29(34)32-27)18-21-17-20-16-19(8-9-26(20)31-21)10-11-33-12-14-35-15-13-33/h1-7,17-19,31H,8-16H2,(H,32,34)/b24-18+. The van der Waals surface area contributed by atoms with Crippen molar-refractivity contribution in [2.24, 2.45) is 5.92 Å². The lowest BCUT2D eigenvalue weighted by Crippen LogP contribution is -2.37. The number of aromatic amines is 1. The van der Waals surface area contributed by atoms with Crippen molar-refractivity contribution in [1.82, 2.24) is 9.88 Å². The van der Waals surface area contributed by atoms with Gasteiger partial charge in [0, 0.05) is 41.3 Å². The fraction of sp³-hybridized carbons (Fsp3) is 0.345. The molecule has 1 amide bonds. The van der Waals surface area contributed by atoms with Crippen LogP contribution in [-0.2, 0) is 22.4 Å². The maximum absolute atomic E-state index is 14.6. The van der Waals surface area contributed by atoms with Crippen LogP contribution in [0.1, 0.15) is 35.4 Å². The van der Waals surface area contributed by atoms with Gasteiger partial charge in [-0.25, -0.2) is 4.39 Å². The number of H-pyrrole nitrogens is 1. The van der Waals surface area contributed by atoms with Crippen LogP contribution in [0.2, 0.25) is 0 Å². The van der Waals surface area contributed by atoms with Gasteiger partial charge in [0.25, 0.3) is 5.91 Å². The van der Waals surface area contributed by atoms with Gasteiger partial charge in [-0.05, 0) is 73.5 Å². The van der Waals surface area contributed by atoms with Gasteiger partial charge in [0.15, 0.2) is 0 Å². The summed E-state index contributed by atoms with van der Waals surface area (Å²) >= 11 is 0. The highest BCUT2D eigenvalue weighted by atomic mass is 19.1. The predicted octanol–water partition coefficient (Wildman–Crippen LogP) is 5.14. The number of benzene rings is 2. The van der Waals surface area contributed by atoms with Gasteiger partial charge in [-0.2, -0.15) is 0 Å². The topological polar surface area (TPSA) is 57.4 Å². The van der Waals surface area contributed by atoms with Gasteiger partial charge in [-0.3, -0.25) is 9.69 Å². The highest BCUT2D eigenvalue weighted by molar-refractivity contribution is 6.36. The summed E-state index contributed by atoms with van der Waals surface area (Å²) < 4.78 is 20.1. The minimum absolute atomic E-state index is 0.153. The van der Waals surface area contributed by atoms with Gasteiger partial charge in [0.1, 0.15) is 5.82 Å². The van der Waals surface area contributed by atoms with E-state index in [0.717, 1.165) is 68.2 Å². The number of amides is 1. The van der Waals surface area contributed by atoms with Gasteiger partial charge in [-0.15, -0.1) is 0 Å². The van der Waals surface area contributed by atoms with Gasteiger partial charge >= 0.3 is 0 Å². The van der Waals surface area contributed by atoms with Gasteiger partial charge in [0.05, 0.1) is 18.8 Å². The van der Waals surface area contributed by atoms with Crippen LogP contribution in [0.25, 0.3) is 22.8 Å². The van der Waals surface area contributed by atoms with Crippen molar-refractivity contribution in [2.75, 3.05) is 38.2 Å². The summed E-state index contributed by atoms with van der Waals surface area (Å²) in [5.74, 6) is 0.239. The molecule has 1 unspecified atom stereocenters. The summed E-state index contributed by atoms with van der Waals surface area (Å²) in [6, 6.07) is 14.5. The van der Waals surface area contributed by atoms with E-state index in [1.807, 2.05) is 30.3 Å². The quantitative estimate of drug-likeness (QED) is 0.507. The third kappa shape index (κ3) is 4.44. The normalized spacial score (nSPS) is 21.1. The number of aryl methyl sites for hydroxylation is 1. The van der Waals surface area contributed by atoms with Crippen LogP contribution in [0.5, 0.6) is 0 Å². The smallest absolute Gasteiger partial charge is 0.256 e. The minimum Gasteiger partial charge on any atom is -0.379 e. The van der Waals surface area contributed by atoms with Crippen LogP contribution in [0, 0.1) is 11.7 Å². The zero-order valence-corrected chi connectivity index (χ0v) is 19.8. The number of hydrogen-bond acceptors (Lipinski definition) is 3. The Hall–Kier alpha value is -3.22. The second kappa shape index (κ2) is 9.44. The first-order chi connectivity index (χ1) is 17.2. The number of hydrogen-bond donors (Lipinski definition) is 2. The Morgan fingerprint density at radius 3 is 2.77 bits per heavy atom. The fourth-order valence-electron chi connectivity index (χ4n) is 5.69. The highest BCUT2D eigenvalue weighted by Gasteiger charge is 2.29. The average Bonchev–Trinajstić information content (AvgIpc) is 3.43. The Morgan fingerprint density at radius 1 is 1.09 bits per heavy atom. The number of aromatic nitrogens is 1. The van der Waals surface area contributed by atoms with Crippen molar-refractivity contribution in [3.63, 3.8) is 0 Å². The molecule has 5 nitrogen and oxygen atoms in total. The van der Waals surface area contributed by atoms with Crippen molar-refractivity contribution in [1.29, 1.82) is 0 Å². The van der Waals surface area contributed by atoms with Crippen molar-refractivity contribution >= 4 is 23.2 Å². The first-order valence-electron chi connectivity index (χ1n) is 12.6. The lowest BCUT2D eigenvalue weighted by molar-refractivity contribution is -0.110. The Balaban J connectivity index is 1.25. The minimum atomic E-state index is -0.293. The molecule has 180 valence electrons. The molecule has 1 aromatic heterocycles. The lowest BCUT2D eigenvalue weighted by atomic mass is 9.85. The molecule has 1 atom stereocenters. The number of nitrogens with zero attached hydrogens (tertiary/aromatic N) is 1. The third-order valence-electron chi connectivity index (χ3n) is 7.57. The molecule has 1 aliphatic carbocycles. The molecule has 2 N–H and O–H groups in total. The number of fused-ring (bicyclic) bond motifs is 2. The van der Waals surface area contributed by atoms with Crippen molar-refractivity contribution in [3.05, 3.63) is 76.9 Å². The maximum Gasteiger partial charge on any atom is 0.256 e. The number of ether oxygens (including phenoxy) is 1. The van der Waals surface area contributed by atoms with Crippen LogP contribution in [0.4, 0.5) is 10.1 Å². The van der Waals surface area contributed by atoms with E-state index in [-0.39, 0.29) is 11.7 Å². The number of carbonyl (C=O) groups is 1. The van der Waals surface area contributed by atoms with Gasteiger partial charge < -0.3 is 15.0 Å². The van der Waals surface area contributed by atoms with Crippen LogP contribution in [0.15, 0.2) is 48.5 Å². The first kappa shape index (κ1) is 22.3. The molecule has 0 spiro atoms. The first-order valence-corrected chi connectivity index (χ1v) is 12.6. The molecule has 1 saturated heterocycles. The molecule has 1 fully saturated rings. The van der Waals surface area contributed by atoms with Crippen molar-refractivity contribution in [3.8, 4) is 11.1 Å². The summed E-state index contributed by atoms with van der Waals surface area (Å²) in [6.07, 6.45) is 6.43. The van der Waals surface area contributed by atoms with Gasteiger partial charge in [-0.1, -0.05) is 30.3 Å². The SMILES string of the molecule is O=C1Nc2cccc(-c3ccccc3F)c2/C1=C\c1cc2c([nH]1)CCC(CCN1CCOCC1)C2. The molecular weight excluding hydrogens is 441 g/mol. The average molecular weight is 472 g/mol. The molecule has 35 heavy (non-hydrogen) atoms. The van der Waals surface area contributed by atoms with E-state index in [1.54, 1.807) is 12.1 Å². The van der Waals surface area contributed by atoms with E-state index in [2.05, 4.69) is 21.3 Å².